The fraction of sp³-hybridized carbons (Fsp3) is 0.933. The lowest BCUT2D eigenvalue weighted by atomic mass is 10.0. The normalized spacial score (nSPS) is 23.3. The molecule has 1 aliphatic heterocycles. The van der Waals surface area contributed by atoms with Crippen molar-refractivity contribution in [2.45, 2.75) is 71.2 Å². The maximum atomic E-state index is 12.1. The Morgan fingerprint density at radius 3 is 2.55 bits per heavy atom. The zero-order chi connectivity index (χ0) is 15.3. The van der Waals surface area contributed by atoms with Crippen LogP contribution in [0.2, 0.25) is 0 Å². The number of nitrogens with zero attached hydrogens (tertiary/aromatic N) is 1. The third kappa shape index (κ3) is 5.67. The number of likely N-dealkylation sites (tertiary alicyclic amines) is 1. The first-order valence-corrected chi connectivity index (χ1v) is 7.49. The van der Waals surface area contributed by atoms with Gasteiger partial charge in [-0.15, -0.1) is 0 Å². The zero-order valence-electron chi connectivity index (χ0n) is 13.7. The Bertz CT molecular complexity index is 315. The molecule has 1 aliphatic rings. The number of rotatable bonds is 4. The van der Waals surface area contributed by atoms with Gasteiger partial charge in [0.2, 0.25) is 0 Å². The van der Waals surface area contributed by atoms with E-state index in [1.807, 2.05) is 27.7 Å². The number of nitrogens with one attached hydrogen (secondary N) is 1. The molecule has 1 heterocycles. The highest BCUT2D eigenvalue weighted by atomic mass is 16.6. The molecule has 0 aliphatic carbocycles. The van der Waals surface area contributed by atoms with Gasteiger partial charge in [0.15, 0.2) is 0 Å². The summed E-state index contributed by atoms with van der Waals surface area (Å²) < 4.78 is 10.8. The van der Waals surface area contributed by atoms with Crippen molar-refractivity contribution in [2.24, 2.45) is 0 Å². The van der Waals surface area contributed by atoms with Crippen LogP contribution in [0.15, 0.2) is 0 Å². The lowest BCUT2D eigenvalue weighted by Gasteiger charge is -2.36. The maximum absolute atomic E-state index is 12.1. The van der Waals surface area contributed by atoms with Crippen LogP contribution >= 0.6 is 0 Å². The molecule has 0 spiro atoms. The van der Waals surface area contributed by atoms with Crippen LogP contribution in [-0.2, 0) is 9.47 Å². The van der Waals surface area contributed by atoms with E-state index in [1.165, 1.54) is 0 Å². The van der Waals surface area contributed by atoms with Crippen LogP contribution in [0.25, 0.3) is 0 Å². The van der Waals surface area contributed by atoms with Gasteiger partial charge in [-0.2, -0.15) is 0 Å². The van der Waals surface area contributed by atoms with Crippen LogP contribution in [0.3, 0.4) is 0 Å². The summed E-state index contributed by atoms with van der Waals surface area (Å²) in [6, 6.07) is 0.576. The summed E-state index contributed by atoms with van der Waals surface area (Å²) in [7, 11) is 1.72. The standard InChI is InChI=1S/C15H30N2O3/c1-11(12(2)19-6)16-13-8-7-9-17(10-13)14(18)20-15(3,4)5/h11-13,16H,7-10H2,1-6H3. The quantitative estimate of drug-likeness (QED) is 0.862. The predicted molar refractivity (Wildman–Crippen MR) is 79.9 cm³/mol. The molecule has 0 aromatic heterocycles. The molecule has 5 heteroatoms. The van der Waals surface area contributed by atoms with Crippen molar-refractivity contribution in [3.8, 4) is 0 Å². The number of ether oxygens (including phenoxy) is 2. The van der Waals surface area contributed by atoms with Crippen LogP contribution in [0.4, 0.5) is 4.79 Å². The lowest BCUT2D eigenvalue weighted by Crippen LogP contribution is -2.53. The van der Waals surface area contributed by atoms with Gasteiger partial charge in [-0.05, 0) is 47.5 Å². The highest BCUT2D eigenvalue weighted by Gasteiger charge is 2.28. The van der Waals surface area contributed by atoms with Crippen molar-refractivity contribution in [1.29, 1.82) is 0 Å². The van der Waals surface area contributed by atoms with Crippen molar-refractivity contribution in [3.05, 3.63) is 0 Å². The first kappa shape index (κ1) is 17.2. The van der Waals surface area contributed by atoms with E-state index in [9.17, 15) is 4.79 Å². The smallest absolute Gasteiger partial charge is 0.410 e. The topological polar surface area (TPSA) is 50.8 Å². The minimum atomic E-state index is -0.435. The monoisotopic (exact) mass is 286 g/mol. The largest absolute Gasteiger partial charge is 0.444 e. The lowest BCUT2D eigenvalue weighted by molar-refractivity contribution is 0.0167. The molecule has 118 valence electrons. The first-order valence-electron chi connectivity index (χ1n) is 7.49. The van der Waals surface area contributed by atoms with Crippen molar-refractivity contribution >= 4 is 6.09 Å². The molecule has 0 aromatic carbocycles. The van der Waals surface area contributed by atoms with E-state index in [0.717, 1.165) is 19.4 Å². The summed E-state index contributed by atoms with van der Waals surface area (Å²) in [5, 5.41) is 3.54. The number of carbonyl (C=O) groups is 1. The van der Waals surface area contributed by atoms with E-state index in [-0.39, 0.29) is 18.2 Å². The minimum Gasteiger partial charge on any atom is -0.444 e. The highest BCUT2D eigenvalue weighted by molar-refractivity contribution is 5.68. The van der Waals surface area contributed by atoms with Gasteiger partial charge in [-0.3, -0.25) is 0 Å². The van der Waals surface area contributed by atoms with E-state index >= 15 is 0 Å². The molecular weight excluding hydrogens is 256 g/mol. The molecule has 5 nitrogen and oxygen atoms in total. The third-order valence-corrected chi connectivity index (χ3v) is 3.65. The van der Waals surface area contributed by atoms with Crippen molar-refractivity contribution in [1.82, 2.24) is 10.2 Å². The van der Waals surface area contributed by atoms with Crippen LogP contribution < -0.4 is 5.32 Å². The van der Waals surface area contributed by atoms with E-state index in [1.54, 1.807) is 12.0 Å². The van der Waals surface area contributed by atoms with Gasteiger partial charge in [0.1, 0.15) is 5.60 Å². The Balaban J connectivity index is 2.48. The zero-order valence-corrected chi connectivity index (χ0v) is 13.7. The Hall–Kier alpha value is -0.810. The Morgan fingerprint density at radius 1 is 1.35 bits per heavy atom. The van der Waals surface area contributed by atoms with E-state index in [0.29, 0.717) is 12.6 Å². The average Bonchev–Trinajstić information content (AvgIpc) is 2.36. The number of hydrogen-bond donors (Lipinski definition) is 1. The van der Waals surface area contributed by atoms with Gasteiger partial charge in [-0.1, -0.05) is 0 Å². The van der Waals surface area contributed by atoms with E-state index < -0.39 is 5.60 Å². The molecule has 1 N–H and O–H groups in total. The molecule has 1 amide bonds. The molecule has 0 bridgehead atoms. The molecule has 1 rings (SSSR count). The average molecular weight is 286 g/mol. The fourth-order valence-electron chi connectivity index (χ4n) is 2.32. The molecule has 1 fully saturated rings. The second-order valence-electron chi connectivity index (χ2n) is 6.66. The molecule has 0 aromatic rings. The number of hydrogen-bond acceptors (Lipinski definition) is 4. The fourth-order valence-corrected chi connectivity index (χ4v) is 2.32. The molecule has 1 saturated heterocycles. The SMILES string of the molecule is COC(C)C(C)NC1CCCN(C(=O)OC(C)(C)C)C1. The van der Waals surface area contributed by atoms with Gasteiger partial charge in [0.25, 0.3) is 0 Å². The molecule has 0 saturated carbocycles. The summed E-state index contributed by atoms with van der Waals surface area (Å²) in [5.74, 6) is 0. The van der Waals surface area contributed by atoms with Gasteiger partial charge in [0.05, 0.1) is 6.10 Å². The number of carbonyl (C=O) groups excluding carboxylic acids is 1. The predicted octanol–water partition coefficient (Wildman–Crippen LogP) is 2.40. The van der Waals surface area contributed by atoms with Crippen molar-refractivity contribution < 1.29 is 14.3 Å². The Morgan fingerprint density at radius 2 is 2.00 bits per heavy atom. The van der Waals surface area contributed by atoms with Gasteiger partial charge in [-0.25, -0.2) is 4.79 Å². The van der Waals surface area contributed by atoms with Crippen LogP contribution in [0, 0.1) is 0 Å². The third-order valence-electron chi connectivity index (χ3n) is 3.65. The number of methoxy groups -OCH3 is 1. The van der Waals surface area contributed by atoms with Crippen molar-refractivity contribution in [2.75, 3.05) is 20.2 Å². The summed E-state index contributed by atoms with van der Waals surface area (Å²) in [6.45, 7) is 11.3. The summed E-state index contributed by atoms with van der Waals surface area (Å²) in [6.07, 6.45) is 2.04. The molecule has 3 atom stereocenters. The summed E-state index contributed by atoms with van der Waals surface area (Å²) in [4.78, 5) is 13.9. The van der Waals surface area contributed by atoms with Crippen molar-refractivity contribution in [3.63, 3.8) is 0 Å². The second-order valence-corrected chi connectivity index (χ2v) is 6.66. The Labute approximate surface area is 123 Å². The number of amides is 1. The Kier molecular flexibility index (Phi) is 6.27. The first-order chi connectivity index (χ1) is 9.23. The van der Waals surface area contributed by atoms with Gasteiger partial charge >= 0.3 is 6.09 Å². The van der Waals surface area contributed by atoms with E-state index in [2.05, 4.69) is 12.2 Å². The van der Waals surface area contributed by atoms with Gasteiger partial charge < -0.3 is 19.7 Å². The second kappa shape index (κ2) is 7.27. The number of piperidine rings is 1. The van der Waals surface area contributed by atoms with Crippen LogP contribution in [0.1, 0.15) is 47.5 Å². The maximum Gasteiger partial charge on any atom is 0.410 e. The van der Waals surface area contributed by atoms with Crippen LogP contribution in [0.5, 0.6) is 0 Å². The molecule has 3 unspecified atom stereocenters. The highest BCUT2D eigenvalue weighted by Crippen LogP contribution is 2.16. The van der Waals surface area contributed by atoms with E-state index in [4.69, 9.17) is 9.47 Å². The molecule has 20 heavy (non-hydrogen) atoms. The summed E-state index contributed by atoms with van der Waals surface area (Å²) >= 11 is 0. The molecule has 0 radical (unpaired) electrons. The van der Waals surface area contributed by atoms with Crippen LogP contribution in [-0.4, -0.2) is 55.0 Å². The van der Waals surface area contributed by atoms with Gasteiger partial charge in [0, 0.05) is 32.3 Å². The minimum absolute atomic E-state index is 0.159. The molecular formula is C15H30N2O3. The summed E-state index contributed by atoms with van der Waals surface area (Å²) in [5.41, 5.74) is -0.435.